The van der Waals surface area contributed by atoms with E-state index in [1.54, 1.807) is 28.0 Å². The quantitative estimate of drug-likeness (QED) is 0.216. The zero-order chi connectivity index (χ0) is 21.2. The summed E-state index contributed by atoms with van der Waals surface area (Å²) in [7, 11) is 0. The number of hydrogen-bond donors (Lipinski definition) is 0. The fourth-order valence-electron chi connectivity index (χ4n) is 3.91. The highest BCUT2D eigenvalue weighted by Crippen LogP contribution is 2.35. The second kappa shape index (κ2) is 8.85. The van der Waals surface area contributed by atoms with Crippen LogP contribution in [0, 0.1) is 5.82 Å². The van der Waals surface area contributed by atoms with Gasteiger partial charge in [0, 0.05) is 10.6 Å². The van der Waals surface area contributed by atoms with E-state index in [1.165, 1.54) is 28.8 Å². The third kappa shape index (κ3) is 4.12. The van der Waals surface area contributed by atoms with Crippen molar-refractivity contribution < 1.29 is 9.13 Å². The highest BCUT2D eigenvalue weighted by atomic mass is 32.2. The van der Waals surface area contributed by atoms with Gasteiger partial charge in [0.25, 0.3) is 5.56 Å². The largest absolute Gasteiger partial charge is 0.493 e. The van der Waals surface area contributed by atoms with E-state index < -0.39 is 0 Å². The molecule has 2 aromatic carbocycles. The minimum absolute atomic E-state index is 0.0671. The second-order valence-corrected chi connectivity index (χ2v) is 9.56. The molecule has 2 aromatic heterocycles. The summed E-state index contributed by atoms with van der Waals surface area (Å²) in [6, 6.07) is 15.7. The third-order valence-electron chi connectivity index (χ3n) is 5.37. The van der Waals surface area contributed by atoms with Crippen molar-refractivity contribution in [2.75, 3.05) is 12.4 Å². The lowest BCUT2D eigenvalue weighted by Crippen LogP contribution is -2.22. The van der Waals surface area contributed by atoms with Gasteiger partial charge >= 0.3 is 0 Å². The molecule has 0 amide bonds. The molecule has 0 unspecified atom stereocenters. The lowest BCUT2D eigenvalue weighted by Gasteiger charge is -2.14. The minimum atomic E-state index is -0.329. The van der Waals surface area contributed by atoms with E-state index in [4.69, 9.17) is 9.72 Å². The van der Waals surface area contributed by atoms with Gasteiger partial charge in [-0.3, -0.25) is 9.36 Å². The molecule has 0 radical (unpaired) electrons. The second-order valence-electron chi connectivity index (χ2n) is 7.41. The highest BCUT2D eigenvalue weighted by Gasteiger charge is 2.22. The van der Waals surface area contributed by atoms with Gasteiger partial charge in [0.15, 0.2) is 5.16 Å². The SMILES string of the molecule is O=c1c2c3c(sc2nc(SCCOc2ccccc2)n1-c1ccc(F)cc1)CCCC3. The Hall–Kier alpha value is -2.64. The normalized spacial score (nSPS) is 13.3. The topological polar surface area (TPSA) is 44.1 Å². The first-order chi connectivity index (χ1) is 15.2. The van der Waals surface area contributed by atoms with Crippen molar-refractivity contribution in [1.82, 2.24) is 9.55 Å². The Morgan fingerprint density at radius 3 is 2.65 bits per heavy atom. The van der Waals surface area contributed by atoms with E-state index in [-0.39, 0.29) is 11.4 Å². The number of thioether (sulfide) groups is 1. The number of fused-ring (bicyclic) bond motifs is 3. The smallest absolute Gasteiger partial charge is 0.267 e. The Kier molecular flexibility index (Phi) is 5.78. The zero-order valence-electron chi connectivity index (χ0n) is 16.8. The predicted molar refractivity (Wildman–Crippen MR) is 124 cm³/mol. The molecular weight excluding hydrogens is 431 g/mol. The monoisotopic (exact) mass is 452 g/mol. The molecule has 31 heavy (non-hydrogen) atoms. The van der Waals surface area contributed by atoms with Gasteiger partial charge in [0.1, 0.15) is 16.4 Å². The zero-order valence-corrected chi connectivity index (χ0v) is 18.5. The summed E-state index contributed by atoms with van der Waals surface area (Å²) in [5, 5.41) is 1.34. The molecular formula is C24H21FN2O2S2. The molecule has 0 atom stereocenters. The Balaban J connectivity index is 1.51. The molecule has 0 saturated carbocycles. The number of hydrogen-bond acceptors (Lipinski definition) is 5. The first-order valence-corrected chi connectivity index (χ1v) is 12.1. The summed E-state index contributed by atoms with van der Waals surface area (Å²) in [4.78, 5) is 20.6. The summed E-state index contributed by atoms with van der Waals surface area (Å²) in [6.45, 7) is 0.493. The van der Waals surface area contributed by atoms with E-state index in [2.05, 4.69) is 0 Å². The summed E-state index contributed by atoms with van der Waals surface area (Å²) < 4.78 is 20.9. The third-order valence-corrected chi connectivity index (χ3v) is 7.46. The maximum absolute atomic E-state index is 13.6. The van der Waals surface area contributed by atoms with Crippen LogP contribution in [0.3, 0.4) is 0 Å². The summed E-state index contributed by atoms with van der Waals surface area (Å²) in [5.41, 5.74) is 1.72. The van der Waals surface area contributed by atoms with Crippen molar-refractivity contribution in [1.29, 1.82) is 0 Å². The number of nitrogens with zero attached hydrogens (tertiary/aromatic N) is 2. The van der Waals surface area contributed by atoms with Crippen molar-refractivity contribution in [2.24, 2.45) is 0 Å². The van der Waals surface area contributed by atoms with Gasteiger partial charge in [-0.15, -0.1) is 11.3 Å². The molecule has 0 spiro atoms. The predicted octanol–water partition coefficient (Wildman–Crippen LogP) is 5.64. The van der Waals surface area contributed by atoms with Crippen LogP contribution in [0.15, 0.2) is 64.5 Å². The molecule has 0 saturated heterocycles. The average Bonchev–Trinajstić information content (AvgIpc) is 3.17. The number of thiophene rings is 1. The first-order valence-electron chi connectivity index (χ1n) is 10.3. The Labute approximate surface area is 187 Å². The molecule has 4 aromatic rings. The van der Waals surface area contributed by atoms with Crippen LogP contribution in [-0.2, 0) is 12.8 Å². The van der Waals surface area contributed by atoms with Crippen LogP contribution >= 0.6 is 23.1 Å². The Morgan fingerprint density at radius 2 is 1.84 bits per heavy atom. The van der Waals surface area contributed by atoms with E-state index in [0.717, 1.165) is 47.2 Å². The van der Waals surface area contributed by atoms with Crippen LogP contribution in [0.25, 0.3) is 15.9 Å². The first kappa shape index (κ1) is 20.3. The van der Waals surface area contributed by atoms with Gasteiger partial charge in [-0.1, -0.05) is 30.0 Å². The number of ether oxygens (including phenoxy) is 1. The van der Waals surface area contributed by atoms with Gasteiger partial charge in [-0.25, -0.2) is 9.37 Å². The summed E-state index contributed by atoms with van der Waals surface area (Å²) in [5.74, 6) is 1.12. The van der Waals surface area contributed by atoms with Gasteiger partial charge in [-0.05, 0) is 67.6 Å². The molecule has 1 aliphatic rings. The summed E-state index contributed by atoms with van der Waals surface area (Å²) >= 11 is 3.12. The van der Waals surface area contributed by atoms with Crippen LogP contribution in [-0.4, -0.2) is 21.9 Å². The number of rotatable bonds is 6. The lowest BCUT2D eigenvalue weighted by atomic mass is 9.97. The molecule has 1 aliphatic carbocycles. The number of halogens is 1. The standard InChI is InChI=1S/C24H21FN2O2S2/c25-16-10-12-17(13-11-16)27-23(28)21-19-8-4-5-9-20(19)31-22(21)26-24(27)30-15-14-29-18-6-2-1-3-7-18/h1-3,6-7,10-13H,4-5,8-9,14-15H2. The van der Waals surface area contributed by atoms with Crippen molar-refractivity contribution in [3.63, 3.8) is 0 Å². The minimum Gasteiger partial charge on any atom is -0.493 e. The van der Waals surface area contributed by atoms with E-state index in [0.29, 0.717) is 23.2 Å². The number of para-hydroxylation sites is 1. The molecule has 2 heterocycles. The van der Waals surface area contributed by atoms with Crippen molar-refractivity contribution in [2.45, 2.75) is 30.8 Å². The molecule has 0 bridgehead atoms. The van der Waals surface area contributed by atoms with Crippen LogP contribution in [0.4, 0.5) is 4.39 Å². The molecule has 0 fully saturated rings. The summed E-state index contributed by atoms with van der Waals surface area (Å²) in [6.07, 6.45) is 4.19. The molecule has 4 nitrogen and oxygen atoms in total. The molecule has 158 valence electrons. The van der Waals surface area contributed by atoms with Crippen LogP contribution in [0.2, 0.25) is 0 Å². The van der Waals surface area contributed by atoms with Crippen LogP contribution in [0.5, 0.6) is 5.75 Å². The van der Waals surface area contributed by atoms with Crippen molar-refractivity contribution in [3.8, 4) is 11.4 Å². The fraction of sp³-hybridized carbons (Fsp3) is 0.250. The number of aromatic nitrogens is 2. The van der Waals surface area contributed by atoms with Crippen molar-refractivity contribution >= 4 is 33.3 Å². The van der Waals surface area contributed by atoms with Crippen LogP contribution in [0.1, 0.15) is 23.3 Å². The Morgan fingerprint density at radius 1 is 1.06 bits per heavy atom. The number of benzene rings is 2. The maximum atomic E-state index is 13.6. The average molecular weight is 453 g/mol. The fourth-order valence-corrected chi connectivity index (χ4v) is 6.04. The maximum Gasteiger partial charge on any atom is 0.267 e. The lowest BCUT2D eigenvalue weighted by molar-refractivity contribution is 0.344. The number of aryl methyl sites for hydroxylation is 2. The van der Waals surface area contributed by atoms with E-state index in [9.17, 15) is 9.18 Å². The van der Waals surface area contributed by atoms with Crippen molar-refractivity contribution in [3.05, 3.63) is 81.2 Å². The van der Waals surface area contributed by atoms with E-state index in [1.807, 2.05) is 30.3 Å². The van der Waals surface area contributed by atoms with Crippen LogP contribution < -0.4 is 10.3 Å². The molecule has 0 N–H and O–H groups in total. The van der Waals surface area contributed by atoms with Gasteiger partial charge in [0.05, 0.1) is 17.7 Å². The molecule has 7 heteroatoms. The van der Waals surface area contributed by atoms with E-state index >= 15 is 0 Å². The van der Waals surface area contributed by atoms with Gasteiger partial charge in [0.2, 0.25) is 0 Å². The Bertz CT molecular complexity index is 1270. The molecule has 5 rings (SSSR count). The molecule has 0 aliphatic heterocycles. The van der Waals surface area contributed by atoms with Gasteiger partial charge < -0.3 is 4.74 Å². The van der Waals surface area contributed by atoms with Gasteiger partial charge in [-0.2, -0.15) is 0 Å². The highest BCUT2D eigenvalue weighted by molar-refractivity contribution is 7.99.